The van der Waals surface area contributed by atoms with E-state index in [0.717, 1.165) is 5.56 Å². The first-order valence-corrected chi connectivity index (χ1v) is 7.85. The Labute approximate surface area is 126 Å². The number of nitrogens with one attached hydrogen (secondary N) is 1. The Morgan fingerprint density at radius 2 is 1.77 bits per heavy atom. The highest BCUT2D eigenvalue weighted by atomic mass is 32.2. The van der Waals surface area contributed by atoms with Gasteiger partial charge in [-0.15, -0.1) is 5.10 Å². The van der Waals surface area contributed by atoms with E-state index in [-0.39, 0.29) is 11.4 Å². The van der Waals surface area contributed by atoms with Crippen LogP contribution in [0.4, 0.5) is 0 Å². The molecule has 9 heteroatoms. The Morgan fingerprint density at radius 3 is 2.41 bits per heavy atom. The Balaban J connectivity index is 1.75. The van der Waals surface area contributed by atoms with Crippen LogP contribution in [0.5, 0.6) is 0 Å². The summed E-state index contributed by atoms with van der Waals surface area (Å²) in [6.07, 6.45) is 4.67. The van der Waals surface area contributed by atoms with Gasteiger partial charge in [0.1, 0.15) is 6.33 Å². The van der Waals surface area contributed by atoms with Gasteiger partial charge in [-0.05, 0) is 52.4 Å². The average molecular weight is 316 g/mol. The molecule has 2 aromatic heterocycles. The van der Waals surface area contributed by atoms with Crippen molar-refractivity contribution in [3.8, 4) is 5.69 Å². The summed E-state index contributed by atoms with van der Waals surface area (Å²) in [5, 5.41) is 10.8. The molecule has 0 saturated heterocycles. The lowest BCUT2D eigenvalue weighted by Crippen LogP contribution is -2.23. The highest BCUT2D eigenvalue weighted by Crippen LogP contribution is 2.13. The van der Waals surface area contributed by atoms with Crippen molar-refractivity contribution in [1.29, 1.82) is 0 Å². The molecule has 3 rings (SSSR count). The molecule has 112 valence electrons. The quantitative estimate of drug-likeness (QED) is 0.737. The number of nitrogens with zero attached hydrogens (tertiary/aromatic N) is 5. The standard InChI is InChI=1S/C13H12N6O2S/c20-22(21,16-9-11-5-7-14-8-6-11)13-3-1-12(2-4-13)19-10-15-17-18-19/h1-8,10,16H,9H2. The number of hydrogen-bond donors (Lipinski definition) is 1. The second kappa shape index (κ2) is 6.00. The number of aromatic nitrogens is 5. The molecular weight excluding hydrogens is 304 g/mol. The summed E-state index contributed by atoms with van der Waals surface area (Å²) in [6.45, 7) is 0.208. The third kappa shape index (κ3) is 3.15. The van der Waals surface area contributed by atoms with Crippen molar-refractivity contribution in [3.63, 3.8) is 0 Å². The maximum absolute atomic E-state index is 12.2. The van der Waals surface area contributed by atoms with Crippen molar-refractivity contribution in [2.24, 2.45) is 0 Å². The van der Waals surface area contributed by atoms with Gasteiger partial charge in [0.05, 0.1) is 10.6 Å². The van der Waals surface area contributed by atoms with Gasteiger partial charge < -0.3 is 0 Å². The van der Waals surface area contributed by atoms with E-state index in [0.29, 0.717) is 5.69 Å². The Kier molecular flexibility index (Phi) is 3.90. The van der Waals surface area contributed by atoms with Crippen molar-refractivity contribution in [1.82, 2.24) is 29.9 Å². The molecule has 2 heterocycles. The van der Waals surface area contributed by atoms with Crippen LogP contribution >= 0.6 is 0 Å². The van der Waals surface area contributed by atoms with Crippen molar-refractivity contribution >= 4 is 10.0 Å². The largest absolute Gasteiger partial charge is 0.265 e. The van der Waals surface area contributed by atoms with E-state index >= 15 is 0 Å². The zero-order valence-corrected chi connectivity index (χ0v) is 12.2. The molecule has 0 aliphatic heterocycles. The van der Waals surface area contributed by atoms with Crippen LogP contribution in [0.2, 0.25) is 0 Å². The van der Waals surface area contributed by atoms with Gasteiger partial charge in [0.15, 0.2) is 0 Å². The molecule has 0 aliphatic rings. The Hall–Kier alpha value is -2.65. The minimum Gasteiger partial charge on any atom is -0.265 e. The number of tetrazole rings is 1. The number of hydrogen-bond acceptors (Lipinski definition) is 6. The fraction of sp³-hybridized carbons (Fsp3) is 0.0769. The second-order valence-corrected chi connectivity index (χ2v) is 6.20. The predicted octanol–water partition coefficient (Wildman–Crippen LogP) is 0.536. The highest BCUT2D eigenvalue weighted by Gasteiger charge is 2.13. The van der Waals surface area contributed by atoms with Gasteiger partial charge in [0, 0.05) is 18.9 Å². The van der Waals surface area contributed by atoms with E-state index in [1.54, 1.807) is 36.7 Å². The Bertz CT molecular complexity index is 832. The van der Waals surface area contributed by atoms with Crippen LogP contribution in [0.1, 0.15) is 5.56 Å². The van der Waals surface area contributed by atoms with Crippen LogP contribution in [0, 0.1) is 0 Å². The van der Waals surface area contributed by atoms with Crippen molar-refractivity contribution in [3.05, 3.63) is 60.7 Å². The molecule has 0 saturated carbocycles. The molecule has 0 bridgehead atoms. The summed E-state index contributed by atoms with van der Waals surface area (Å²) in [6, 6.07) is 9.79. The molecule has 1 aromatic carbocycles. The van der Waals surface area contributed by atoms with E-state index < -0.39 is 10.0 Å². The number of benzene rings is 1. The van der Waals surface area contributed by atoms with E-state index in [1.807, 2.05) is 0 Å². The summed E-state index contributed by atoms with van der Waals surface area (Å²) in [7, 11) is -3.58. The maximum Gasteiger partial charge on any atom is 0.240 e. The van der Waals surface area contributed by atoms with Crippen LogP contribution in [-0.4, -0.2) is 33.6 Å². The third-order valence-electron chi connectivity index (χ3n) is 2.98. The van der Waals surface area contributed by atoms with Gasteiger partial charge in [0.25, 0.3) is 0 Å². The fourth-order valence-electron chi connectivity index (χ4n) is 1.82. The third-order valence-corrected chi connectivity index (χ3v) is 4.39. The van der Waals surface area contributed by atoms with Crippen LogP contribution in [-0.2, 0) is 16.6 Å². The molecule has 0 spiro atoms. The molecule has 1 N–H and O–H groups in total. The summed E-state index contributed by atoms with van der Waals surface area (Å²) in [4.78, 5) is 4.07. The predicted molar refractivity (Wildman–Crippen MR) is 77.4 cm³/mol. The van der Waals surface area contributed by atoms with Gasteiger partial charge in [-0.2, -0.15) is 0 Å². The van der Waals surface area contributed by atoms with Crippen LogP contribution in [0.25, 0.3) is 5.69 Å². The molecule has 22 heavy (non-hydrogen) atoms. The second-order valence-electron chi connectivity index (χ2n) is 4.43. The molecule has 0 radical (unpaired) electrons. The monoisotopic (exact) mass is 316 g/mol. The van der Waals surface area contributed by atoms with Crippen LogP contribution < -0.4 is 4.72 Å². The lowest BCUT2D eigenvalue weighted by Gasteiger charge is -2.07. The molecule has 0 fully saturated rings. The molecule has 3 aromatic rings. The fourth-order valence-corrected chi connectivity index (χ4v) is 2.84. The van der Waals surface area contributed by atoms with Crippen molar-refractivity contribution < 1.29 is 8.42 Å². The molecule has 0 unspecified atom stereocenters. The first kappa shape index (κ1) is 14.3. The number of sulfonamides is 1. The van der Waals surface area contributed by atoms with Gasteiger partial charge in [-0.1, -0.05) is 0 Å². The van der Waals surface area contributed by atoms with E-state index in [2.05, 4.69) is 25.2 Å². The van der Waals surface area contributed by atoms with Crippen LogP contribution in [0.15, 0.2) is 60.0 Å². The lowest BCUT2D eigenvalue weighted by atomic mass is 10.3. The zero-order valence-electron chi connectivity index (χ0n) is 11.4. The minimum absolute atomic E-state index is 0.179. The molecule has 0 atom stereocenters. The summed E-state index contributed by atoms with van der Waals surface area (Å²) < 4.78 is 28.4. The van der Waals surface area contributed by atoms with E-state index in [4.69, 9.17) is 0 Å². The highest BCUT2D eigenvalue weighted by molar-refractivity contribution is 7.89. The normalized spacial score (nSPS) is 11.5. The smallest absolute Gasteiger partial charge is 0.240 e. The summed E-state index contributed by atoms with van der Waals surface area (Å²) in [5.74, 6) is 0. The minimum atomic E-state index is -3.58. The first-order chi connectivity index (χ1) is 10.6. The topological polar surface area (TPSA) is 103 Å². The van der Waals surface area contributed by atoms with Crippen molar-refractivity contribution in [2.45, 2.75) is 11.4 Å². The van der Waals surface area contributed by atoms with Gasteiger partial charge in [-0.25, -0.2) is 17.8 Å². The Morgan fingerprint density at radius 1 is 1.05 bits per heavy atom. The maximum atomic E-state index is 12.2. The lowest BCUT2D eigenvalue weighted by molar-refractivity contribution is 0.581. The molecule has 0 aliphatic carbocycles. The molecule has 0 amide bonds. The summed E-state index contributed by atoms with van der Waals surface area (Å²) >= 11 is 0. The molecule has 8 nitrogen and oxygen atoms in total. The van der Waals surface area contributed by atoms with Crippen LogP contribution in [0.3, 0.4) is 0 Å². The van der Waals surface area contributed by atoms with E-state index in [9.17, 15) is 8.42 Å². The first-order valence-electron chi connectivity index (χ1n) is 6.37. The van der Waals surface area contributed by atoms with Gasteiger partial charge in [0.2, 0.25) is 10.0 Å². The SMILES string of the molecule is O=S(=O)(NCc1ccncc1)c1ccc(-n2cnnn2)cc1. The summed E-state index contributed by atoms with van der Waals surface area (Å²) in [5.41, 5.74) is 1.52. The molecular formula is C13H12N6O2S. The van der Waals surface area contributed by atoms with Crippen molar-refractivity contribution in [2.75, 3.05) is 0 Å². The number of pyridine rings is 1. The van der Waals surface area contributed by atoms with Gasteiger partial charge >= 0.3 is 0 Å². The van der Waals surface area contributed by atoms with E-state index in [1.165, 1.54) is 23.1 Å². The zero-order chi connectivity index (χ0) is 15.4. The number of rotatable bonds is 5. The van der Waals surface area contributed by atoms with Gasteiger partial charge in [-0.3, -0.25) is 4.98 Å². The average Bonchev–Trinajstić information content (AvgIpc) is 3.09.